The standard InChI is InChI=1S/C31H33F2N4O12P/c1-31(42,50(43,44)45)14-18-2-4-20(5-3-18)34-29(40)47-17-25(38)28(39)36-9-6-19(7-10-36)27-23(32)12-21(13-24(27)33)37-15-22(49-30(37)41)16-46-26-8-11-48-35-26/h2-6,8,11-13,22,25,38,42H,7,9-10,14-17H2,1H3,(H,34,40)(H2,43,44,45)/t22-,25+,31?/m1/s1. The van der Waals surface area contributed by atoms with Gasteiger partial charge in [-0.15, -0.1) is 0 Å². The first-order chi connectivity index (χ1) is 23.6. The molecule has 2 aromatic carbocycles. The number of amides is 3. The Morgan fingerprint density at radius 2 is 1.88 bits per heavy atom. The van der Waals surface area contributed by atoms with Crippen molar-refractivity contribution in [2.45, 2.75) is 37.3 Å². The van der Waals surface area contributed by atoms with Crippen molar-refractivity contribution < 1.29 is 66.5 Å². The lowest BCUT2D eigenvalue weighted by Gasteiger charge is -2.28. The van der Waals surface area contributed by atoms with E-state index in [1.807, 2.05) is 0 Å². The monoisotopic (exact) mass is 722 g/mol. The third kappa shape index (κ3) is 8.64. The van der Waals surface area contributed by atoms with Gasteiger partial charge in [-0.25, -0.2) is 18.4 Å². The van der Waals surface area contributed by atoms with Crippen LogP contribution in [0.5, 0.6) is 5.88 Å². The van der Waals surface area contributed by atoms with Crippen molar-refractivity contribution >= 4 is 42.6 Å². The Kier molecular flexibility index (Phi) is 10.9. The van der Waals surface area contributed by atoms with Crippen molar-refractivity contribution in [2.75, 3.05) is 43.1 Å². The molecule has 5 rings (SSSR count). The van der Waals surface area contributed by atoms with Crippen LogP contribution in [-0.2, 0) is 25.3 Å². The predicted molar refractivity (Wildman–Crippen MR) is 169 cm³/mol. The second-order valence-corrected chi connectivity index (χ2v) is 13.7. The Morgan fingerprint density at radius 1 is 1.18 bits per heavy atom. The molecule has 1 saturated heterocycles. The molecule has 2 aliphatic rings. The molecule has 50 heavy (non-hydrogen) atoms. The molecule has 16 nitrogen and oxygen atoms in total. The third-order valence-corrected chi connectivity index (χ3v) is 9.32. The number of carbonyl (C=O) groups is 3. The Hall–Kier alpha value is -4.87. The fraction of sp³-hybridized carbons (Fsp3) is 0.355. The molecule has 0 aliphatic carbocycles. The number of aliphatic hydroxyl groups is 2. The van der Waals surface area contributed by atoms with E-state index < -0.39 is 61.5 Å². The number of aliphatic hydroxyl groups excluding tert-OH is 1. The summed E-state index contributed by atoms with van der Waals surface area (Å²) in [6, 6.07) is 9.16. The zero-order valence-electron chi connectivity index (χ0n) is 26.4. The maximum Gasteiger partial charge on any atom is 0.414 e. The smallest absolute Gasteiger partial charge is 0.414 e. The second-order valence-electron chi connectivity index (χ2n) is 11.7. The lowest BCUT2D eigenvalue weighted by molar-refractivity contribution is -0.141. The van der Waals surface area contributed by atoms with Crippen LogP contribution >= 0.6 is 7.60 Å². The molecule has 19 heteroatoms. The number of hydrogen-bond acceptors (Lipinski definition) is 11. The lowest BCUT2D eigenvalue weighted by Crippen LogP contribution is -2.43. The van der Waals surface area contributed by atoms with E-state index in [-0.39, 0.29) is 67.5 Å². The summed E-state index contributed by atoms with van der Waals surface area (Å²) in [5, 5.41) is 24.0. The number of nitrogens with zero attached hydrogens (tertiary/aromatic N) is 3. The summed E-state index contributed by atoms with van der Waals surface area (Å²) in [6.45, 7) is 0.144. The first-order valence-corrected chi connectivity index (χ1v) is 16.7. The average Bonchev–Trinajstić information content (AvgIpc) is 3.72. The highest BCUT2D eigenvalue weighted by molar-refractivity contribution is 7.53. The van der Waals surface area contributed by atoms with Gasteiger partial charge in [-0.1, -0.05) is 18.2 Å². The van der Waals surface area contributed by atoms with E-state index >= 15 is 8.78 Å². The van der Waals surface area contributed by atoms with Gasteiger partial charge in [0.1, 0.15) is 31.1 Å². The van der Waals surface area contributed by atoms with Gasteiger partial charge in [-0.3, -0.25) is 19.6 Å². The number of rotatable bonds is 12. The Morgan fingerprint density at radius 3 is 2.48 bits per heavy atom. The van der Waals surface area contributed by atoms with Gasteiger partial charge in [0.25, 0.3) is 11.8 Å². The number of aromatic nitrogens is 1. The van der Waals surface area contributed by atoms with E-state index in [0.717, 1.165) is 24.0 Å². The first-order valence-electron chi connectivity index (χ1n) is 15.1. The normalized spacial score (nSPS) is 18.2. The van der Waals surface area contributed by atoms with Crippen LogP contribution in [0.3, 0.4) is 0 Å². The Bertz CT molecular complexity index is 1780. The van der Waals surface area contributed by atoms with Gasteiger partial charge in [0.05, 0.1) is 12.2 Å². The molecule has 3 heterocycles. The number of anilines is 2. The van der Waals surface area contributed by atoms with Crippen molar-refractivity contribution in [3.8, 4) is 5.88 Å². The summed E-state index contributed by atoms with van der Waals surface area (Å²) in [7, 11) is -4.79. The summed E-state index contributed by atoms with van der Waals surface area (Å²) >= 11 is 0. The van der Waals surface area contributed by atoms with Crippen LogP contribution in [-0.4, -0.2) is 98.5 Å². The van der Waals surface area contributed by atoms with Crippen LogP contribution in [0.1, 0.15) is 24.5 Å². The highest BCUT2D eigenvalue weighted by Gasteiger charge is 2.40. The van der Waals surface area contributed by atoms with Crippen molar-refractivity contribution in [1.82, 2.24) is 10.1 Å². The fourth-order valence-electron chi connectivity index (χ4n) is 5.18. The second kappa shape index (κ2) is 14.9. The molecule has 1 fully saturated rings. The average molecular weight is 723 g/mol. The van der Waals surface area contributed by atoms with Crippen molar-refractivity contribution in [1.29, 1.82) is 0 Å². The Labute approximate surface area is 283 Å². The topological polar surface area (TPSA) is 221 Å². The molecule has 5 N–H and O–H groups in total. The molecule has 2 aliphatic heterocycles. The molecule has 0 bridgehead atoms. The summed E-state index contributed by atoms with van der Waals surface area (Å²) < 4.78 is 62.1. The van der Waals surface area contributed by atoms with Crippen LogP contribution in [0.15, 0.2) is 59.3 Å². The number of ether oxygens (including phenoxy) is 3. The molecular formula is C31H33F2N4O12P. The van der Waals surface area contributed by atoms with E-state index in [9.17, 15) is 38.9 Å². The van der Waals surface area contributed by atoms with Crippen LogP contribution in [0.25, 0.3) is 5.57 Å². The molecule has 3 atom stereocenters. The summed E-state index contributed by atoms with van der Waals surface area (Å²) in [6.07, 6.45) is -1.82. The molecule has 3 amide bonds. The number of carbonyl (C=O) groups excluding carboxylic acids is 3. The van der Waals surface area contributed by atoms with Crippen LogP contribution in [0.4, 0.5) is 29.7 Å². The molecule has 0 spiro atoms. The van der Waals surface area contributed by atoms with Crippen LogP contribution < -0.4 is 15.0 Å². The van der Waals surface area contributed by atoms with Crippen molar-refractivity contribution in [3.63, 3.8) is 0 Å². The van der Waals surface area contributed by atoms with Gasteiger partial charge in [0, 0.05) is 36.8 Å². The number of nitrogens with one attached hydrogen (secondary N) is 1. The number of cyclic esters (lactones) is 1. The molecule has 1 aromatic heterocycles. The first kappa shape index (κ1) is 36.4. The third-order valence-electron chi connectivity index (χ3n) is 7.91. The van der Waals surface area contributed by atoms with E-state index in [0.29, 0.717) is 5.56 Å². The number of hydrogen-bond donors (Lipinski definition) is 5. The molecule has 3 aromatic rings. The maximum absolute atomic E-state index is 15.2. The van der Waals surface area contributed by atoms with Gasteiger partial charge in [0.2, 0.25) is 0 Å². The molecular weight excluding hydrogens is 689 g/mol. The summed E-state index contributed by atoms with van der Waals surface area (Å²) in [5.41, 5.74) is 0.520. The van der Waals surface area contributed by atoms with Crippen LogP contribution in [0.2, 0.25) is 0 Å². The predicted octanol–water partition coefficient (Wildman–Crippen LogP) is 3.01. The number of benzene rings is 2. The number of halogens is 2. The fourth-order valence-corrected chi connectivity index (χ4v) is 5.57. The minimum atomic E-state index is -4.79. The minimum absolute atomic E-state index is 0.00145. The molecule has 0 radical (unpaired) electrons. The quantitative estimate of drug-likeness (QED) is 0.170. The molecule has 268 valence electrons. The van der Waals surface area contributed by atoms with Crippen LogP contribution in [0, 0.1) is 11.6 Å². The molecule has 1 unspecified atom stereocenters. The highest BCUT2D eigenvalue weighted by atomic mass is 31.2. The van der Waals surface area contributed by atoms with E-state index in [2.05, 4.69) is 15.0 Å². The lowest BCUT2D eigenvalue weighted by atomic mass is 9.97. The maximum atomic E-state index is 15.2. The van der Waals surface area contributed by atoms with E-state index in [1.165, 1.54) is 47.6 Å². The largest absolute Gasteiger partial charge is 0.471 e. The van der Waals surface area contributed by atoms with Crippen molar-refractivity contribution in [2.24, 2.45) is 0 Å². The van der Waals surface area contributed by atoms with Crippen molar-refractivity contribution in [3.05, 3.63) is 77.6 Å². The SMILES string of the molecule is CC(O)(Cc1ccc(NC(=O)OC[C@H](O)C(=O)N2CC=C(c3c(F)cc(N4C[C@H](COc5ccon5)OC4=O)cc3F)CC2)cc1)P(=O)(O)O. The summed E-state index contributed by atoms with van der Waals surface area (Å²) in [5.74, 6) is -2.44. The van der Waals surface area contributed by atoms with E-state index in [1.54, 1.807) is 0 Å². The van der Waals surface area contributed by atoms with Gasteiger partial charge in [0.15, 0.2) is 17.6 Å². The van der Waals surface area contributed by atoms with Gasteiger partial charge < -0.3 is 43.6 Å². The van der Waals surface area contributed by atoms with Gasteiger partial charge >= 0.3 is 19.8 Å². The summed E-state index contributed by atoms with van der Waals surface area (Å²) in [4.78, 5) is 58.2. The van der Waals surface area contributed by atoms with E-state index in [4.69, 9.17) is 14.2 Å². The zero-order chi connectivity index (χ0) is 36.2. The Balaban J connectivity index is 1.10. The zero-order valence-corrected chi connectivity index (χ0v) is 27.3. The minimum Gasteiger partial charge on any atom is -0.471 e. The highest BCUT2D eigenvalue weighted by Crippen LogP contribution is 2.50. The van der Waals surface area contributed by atoms with Gasteiger partial charge in [-0.05, 0) is 53.9 Å². The molecule has 0 saturated carbocycles. The van der Waals surface area contributed by atoms with Gasteiger partial charge in [-0.2, -0.15) is 0 Å².